The second-order valence-electron chi connectivity index (χ2n) is 5.63. The van der Waals surface area contributed by atoms with Crippen LogP contribution in [-0.2, 0) is 4.79 Å². The molecule has 1 aliphatic carbocycles. The monoisotopic (exact) mass is 253 g/mol. The zero-order chi connectivity index (χ0) is 13.3. The van der Waals surface area contributed by atoms with Crippen LogP contribution in [0, 0.1) is 11.8 Å². The number of urea groups is 1. The predicted octanol–water partition coefficient (Wildman–Crippen LogP) is 1.08. The molecule has 0 aromatic heterocycles. The highest BCUT2D eigenvalue weighted by atomic mass is 16.2. The first-order valence-corrected chi connectivity index (χ1v) is 6.88. The summed E-state index contributed by atoms with van der Waals surface area (Å²) in [7, 11) is 0. The Morgan fingerprint density at radius 3 is 2.50 bits per heavy atom. The van der Waals surface area contributed by atoms with E-state index in [1.165, 1.54) is 4.90 Å². The van der Waals surface area contributed by atoms with Gasteiger partial charge in [0.05, 0.1) is 0 Å². The standard InChI is InChI=1S/C13H23N3O2/c1-9-5-3-6-10(2)13(9)11(17)16(8-4-7-14)12(18)15-13/h9-10H,3-8,14H2,1-2H3,(H,15,18). The Morgan fingerprint density at radius 2 is 1.94 bits per heavy atom. The zero-order valence-corrected chi connectivity index (χ0v) is 11.2. The van der Waals surface area contributed by atoms with Gasteiger partial charge in [0.25, 0.3) is 5.91 Å². The van der Waals surface area contributed by atoms with Gasteiger partial charge in [0.2, 0.25) is 0 Å². The number of hydrogen-bond donors (Lipinski definition) is 2. The van der Waals surface area contributed by atoms with E-state index in [1.807, 2.05) is 0 Å². The molecule has 1 aliphatic heterocycles. The summed E-state index contributed by atoms with van der Waals surface area (Å²) in [4.78, 5) is 26.0. The van der Waals surface area contributed by atoms with Crippen LogP contribution >= 0.6 is 0 Å². The van der Waals surface area contributed by atoms with Crippen molar-refractivity contribution in [1.82, 2.24) is 10.2 Å². The summed E-state index contributed by atoms with van der Waals surface area (Å²) in [5.41, 5.74) is 4.79. The third kappa shape index (κ3) is 1.81. The number of nitrogens with one attached hydrogen (secondary N) is 1. The SMILES string of the molecule is CC1CCCC(C)C12NC(=O)N(CCCN)C2=O. The molecule has 2 fully saturated rings. The minimum atomic E-state index is -0.663. The van der Waals surface area contributed by atoms with Crippen LogP contribution in [0.15, 0.2) is 0 Å². The fourth-order valence-electron chi connectivity index (χ4n) is 3.41. The molecule has 1 saturated heterocycles. The maximum atomic E-state index is 12.6. The molecule has 0 aromatic carbocycles. The highest BCUT2D eigenvalue weighted by molar-refractivity contribution is 6.07. The second kappa shape index (κ2) is 4.88. The van der Waals surface area contributed by atoms with E-state index in [0.717, 1.165) is 19.3 Å². The van der Waals surface area contributed by atoms with Crippen molar-refractivity contribution in [3.63, 3.8) is 0 Å². The van der Waals surface area contributed by atoms with Crippen LogP contribution < -0.4 is 11.1 Å². The second-order valence-corrected chi connectivity index (χ2v) is 5.63. The topological polar surface area (TPSA) is 75.4 Å². The van der Waals surface area contributed by atoms with Gasteiger partial charge in [-0.1, -0.05) is 20.3 Å². The largest absolute Gasteiger partial charge is 0.330 e. The van der Waals surface area contributed by atoms with E-state index >= 15 is 0 Å². The molecule has 0 aromatic rings. The summed E-state index contributed by atoms with van der Waals surface area (Å²) in [5, 5.41) is 2.97. The Labute approximate surface area is 108 Å². The van der Waals surface area contributed by atoms with E-state index in [4.69, 9.17) is 5.73 Å². The van der Waals surface area contributed by atoms with Crippen LogP contribution in [0.1, 0.15) is 39.5 Å². The Bertz CT molecular complexity index is 346. The van der Waals surface area contributed by atoms with Gasteiger partial charge in [0.1, 0.15) is 5.54 Å². The van der Waals surface area contributed by atoms with Gasteiger partial charge in [0, 0.05) is 6.54 Å². The molecule has 0 radical (unpaired) electrons. The van der Waals surface area contributed by atoms with Gasteiger partial charge >= 0.3 is 6.03 Å². The van der Waals surface area contributed by atoms with Crippen molar-refractivity contribution in [2.75, 3.05) is 13.1 Å². The van der Waals surface area contributed by atoms with E-state index < -0.39 is 5.54 Å². The third-order valence-corrected chi connectivity index (χ3v) is 4.57. The van der Waals surface area contributed by atoms with E-state index in [2.05, 4.69) is 19.2 Å². The molecular formula is C13H23N3O2. The quantitative estimate of drug-likeness (QED) is 0.739. The van der Waals surface area contributed by atoms with Gasteiger partial charge in [-0.2, -0.15) is 0 Å². The van der Waals surface area contributed by atoms with Crippen LogP contribution in [0.5, 0.6) is 0 Å². The fraction of sp³-hybridized carbons (Fsp3) is 0.846. The molecule has 1 spiro atoms. The van der Waals surface area contributed by atoms with Gasteiger partial charge in [0.15, 0.2) is 0 Å². The van der Waals surface area contributed by atoms with Crippen LogP contribution in [0.4, 0.5) is 4.79 Å². The predicted molar refractivity (Wildman–Crippen MR) is 68.8 cm³/mol. The highest BCUT2D eigenvalue weighted by Crippen LogP contribution is 2.42. The summed E-state index contributed by atoms with van der Waals surface area (Å²) >= 11 is 0. The van der Waals surface area contributed by atoms with Crippen molar-refractivity contribution < 1.29 is 9.59 Å². The summed E-state index contributed by atoms with van der Waals surface area (Å²) in [5.74, 6) is 0.377. The molecule has 1 heterocycles. The average Bonchev–Trinajstić information content (AvgIpc) is 2.58. The highest BCUT2D eigenvalue weighted by Gasteiger charge is 2.57. The number of nitrogens with two attached hydrogens (primary N) is 1. The van der Waals surface area contributed by atoms with Crippen molar-refractivity contribution >= 4 is 11.9 Å². The molecule has 102 valence electrons. The molecule has 2 aliphatic rings. The van der Waals surface area contributed by atoms with Crippen molar-refractivity contribution in [3.8, 4) is 0 Å². The molecule has 1 saturated carbocycles. The van der Waals surface area contributed by atoms with E-state index in [-0.39, 0.29) is 23.8 Å². The maximum absolute atomic E-state index is 12.6. The van der Waals surface area contributed by atoms with Crippen molar-refractivity contribution in [1.29, 1.82) is 0 Å². The molecule has 3 amide bonds. The molecule has 5 nitrogen and oxygen atoms in total. The first-order valence-electron chi connectivity index (χ1n) is 6.88. The Morgan fingerprint density at radius 1 is 1.33 bits per heavy atom. The lowest BCUT2D eigenvalue weighted by molar-refractivity contribution is -0.136. The van der Waals surface area contributed by atoms with Crippen LogP contribution in [-0.4, -0.2) is 35.5 Å². The molecule has 3 N–H and O–H groups in total. The van der Waals surface area contributed by atoms with E-state index in [0.29, 0.717) is 19.5 Å². The normalized spacial score (nSPS) is 36.3. The lowest BCUT2D eigenvalue weighted by Crippen LogP contribution is -2.58. The van der Waals surface area contributed by atoms with E-state index in [1.54, 1.807) is 0 Å². The Balaban J connectivity index is 2.24. The molecule has 2 rings (SSSR count). The van der Waals surface area contributed by atoms with Crippen LogP contribution in [0.3, 0.4) is 0 Å². The molecule has 2 atom stereocenters. The number of carbonyl (C=O) groups is 2. The summed E-state index contributed by atoms with van der Waals surface area (Å²) < 4.78 is 0. The number of imide groups is 1. The van der Waals surface area contributed by atoms with E-state index in [9.17, 15) is 9.59 Å². The number of hydrogen-bond acceptors (Lipinski definition) is 3. The first kappa shape index (κ1) is 13.3. The lowest BCUT2D eigenvalue weighted by atomic mass is 9.67. The van der Waals surface area contributed by atoms with Crippen molar-refractivity contribution in [2.45, 2.75) is 45.1 Å². The minimum Gasteiger partial charge on any atom is -0.330 e. The van der Waals surface area contributed by atoms with Crippen molar-refractivity contribution in [3.05, 3.63) is 0 Å². The number of amides is 3. The Hall–Kier alpha value is -1.10. The number of carbonyl (C=O) groups excluding carboxylic acids is 2. The first-order chi connectivity index (χ1) is 8.54. The molecule has 5 heteroatoms. The lowest BCUT2D eigenvalue weighted by Gasteiger charge is -2.42. The van der Waals surface area contributed by atoms with Gasteiger partial charge in [-0.05, 0) is 37.6 Å². The van der Waals surface area contributed by atoms with Gasteiger partial charge in [-0.3, -0.25) is 9.69 Å². The maximum Gasteiger partial charge on any atom is 0.325 e. The molecule has 18 heavy (non-hydrogen) atoms. The third-order valence-electron chi connectivity index (χ3n) is 4.57. The summed E-state index contributed by atoms with van der Waals surface area (Å²) in [6, 6.07) is -0.242. The molecule has 2 unspecified atom stereocenters. The fourth-order valence-corrected chi connectivity index (χ4v) is 3.41. The Kier molecular flexibility index (Phi) is 3.61. The zero-order valence-electron chi connectivity index (χ0n) is 11.2. The van der Waals surface area contributed by atoms with Crippen LogP contribution in [0.2, 0.25) is 0 Å². The summed E-state index contributed by atoms with van der Waals surface area (Å²) in [6.07, 6.45) is 3.80. The van der Waals surface area contributed by atoms with Crippen molar-refractivity contribution in [2.24, 2.45) is 17.6 Å². The molecule has 0 bridgehead atoms. The van der Waals surface area contributed by atoms with Crippen LogP contribution in [0.25, 0.3) is 0 Å². The molecular weight excluding hydrogens is 230 g/mol. The van der Waals surface area contributed by atoms with Gasteiger partial charge in [-0.25, -0.2) is 4.79 Å². The summed E-state index contributed by atoms with van der Waals surface area (Å²) in [6.45, 7) is 5.07. The average molecular weight is 253 g/mol. The smallest absolute Gasteiger partial charge is 0.325 e. The van der Waals surface area contributed by atoms with Gasteiger partial charge in [-0.15, -0.1) is 0 Å². The van der Waals surface area contributed by atoms with Gasteiger partial charge < -0.3 is 11.1 Å². The minimum absolute atomic E-state index is 0.0411. The number of rotatable bonds is 3. The number of nitrogens with zero attached hydrogens (tertiary/aromatic N) is 1.